The largest absolute Gasteiger partial charge is 0.481 e. The molecule has 1 aliphatic heterocycles. The summed E-state index contributed by atoms with van der Waals surface area (Å²) in [5, 5.41) is 19.5. The van der Waals surface area contributed by atoms with Gasteiger partial charge in [0.15, 0.2) is 6.29 Å². The lowest BCUT2D eigenvalue weighted by Crippen LogP contribution is -2.53. The first-order chi connectivity index (χ1) is 8.89. The van der Waals surface area contributed by atoms with Gasteiger partial charge in [-0.15, -0.1) is 11.8 Å². The number of aliphatic carboxylic acids is 1. The van der Waals surface area contributed by atoms with Crippen molar-refractivity contribution in [2.45, 2.75) is 51.8 Å². The van der Waals surface area contributed by atoms with Gasteiger partial charge in [-0.2, -0.15) is 0 Å². The first-order valence-corrected chi connectivity index (χ1v) is 8.13. The molecule has 0 aromatic carbocycles. The van der Waals surface area contributed by atoms with Crippen LogP contribution < -0.4 is 0 Å². The topological polar surface area (TPSA) is 66.8 Å². The third kappa shape index (κ3) is 2.52. The van der Waals surface area contributed by atoms with Gasteiger partial charge in [-0.1, -0.05) is 33.6 Å². The average Bonchev–Trinajstić information content (AvgIpc) is 2.74. The van der Waals surface area contributed by atoms with Crippen molar-refractivity contribution in [3.63, 3.8) is 0 Å². The summed E-state index contributed by atoms with van der Waals surface area (Å²) in [5.41, 5.74) is -1.27. The number of aliphatic hydroxyl groups excluding tert-OH is 1. The van der Waals surface area contributed by atoms with Gasteiger partial charge in [0, 0.05) is 5.75 Å². The Morgan fingerprint density at radius 3 is 2.63 bits per heavy atom. The number of aliphatic hydroxyl groups is 1. The fourth-order valence-electron chi connectivity index (χ4n) is 4.11. The molecule has 5 heteroatoms. The van der Waals surface area contributed by atoms with Crippen LogP contribution in [-0.2, 0) is 9.53 Å². The van der Waals surface area contributed by atoms with Crippen molar-refractivity contribution >= 4 is 17.7 Å². The molecule has 4 nitrogen and oxygen atoms in total. The molecular weight excluding hydrogens is 264 g/mol. The Balaban J connectivity index is 2.37. The summed E-state index contributed by atoms with van der Waals surface area (Å²) in [4.78, 5) is 12.1. The Hall–Kier alpha value is -0.260. The molecule has 1 saturated heterocycles. The quantitative estimate of drug-likeness (QED) is 0.835. The Kier molecular flexibility index (Phi) is 4.48. The third-order valence-corrected chi connectivity index (χ3v) is 5.98. The van der Waals surface area contributed by atoms with E-state index in [0.717, 1.165) is 12.8 Å². The summed E-state index contributed by atoms with van der Waals surface area (Å²) >= 11 is 1.45. The van der Waals surface area contributed by atoms with Crippen LogP contribution in [0, 0.1) is 23.2 Å². The molecule has 1 saturated carbocycles. The van der Waals surface area contributed by atoms with E-state index in [1.54, 1.807) is 0 Å². The highest BCUT2D eigenvalue weighted by molar-refractivity contribution is 8.00. The van der Waals surface area contributed by atoms with Gasteiger partial charge in [0.25, 0.3) is 0 Å². The SMILES string of the molecule is CC(C)C1C(C)CCCC1(C(=O)O)C1OC(O)CS1. The Morgan fingerprint density at radius 2 is 2.16 bits per heavy atom. The number of rotatable bonds is 3. The summed E-state index contributed by atoms with van der Waals surface area (Å²) in [7, 11) is 0. The van der Waals surface area contributed by atoms with E-state index >= 15 is 0 Å². The molecule has 5 unspecified atom stereocenters. The molecule has 110 valence electrons. The van der Waals surface area contributed by atoms with Gasteiger partial charge in [-0.3, -0.25) is 4.79 Å². The molecule has 2 aliphatic rings. The highest BCUT2D eigenvalue weighted by Crippen LogP contribution is 2.55. The van der Waals surface area contributed by atoms with Crippen molar-refractivity contribution in [1.29, 1.82) is 0 Å². The van der Waals surface area contributed by atoms with Gasteiger partial charge in [-0.05, 0) is 24.2 Å². The van der Waals surface area contributed by atoms with Crippen LogP contribution >= 0.6 is 11.8 Å². The lowest BCUT2D eigenvalue weighted by molar-refractivity contribution is -0.182. The Morgan fingerprint density at radius 1 is 1.47 bits per heavy atom. The minimum atomic E-state index is -0.853. The summed E-state index contributed by atoms with van der Waals surface area (Å²) in [6, 6.07) is 0. The van der Waals surface area contributed by atoms with Crippen molar-refractivity contribution in [2.24, 2.45) is 23.2 Å². The first-order valence-electron chi connectivity index (χ1n) is 7.08. The molecule has 19 heavy (non-hydrogen) atoms. The second-order valence-corrected chi connectivity index (χ2v) is 7.34. The van der Waals surface area contributed by atoms with Gasteiger partial charge in [0.05, 0.1) is 0 Å². The average molecular weight is 288 g/mol. The molecule has 0 aromatic rings. The molecule has 1 aliphatic carbocycles. The highest BCUT2D eigenvalue weighted by Gasteiger charge is 2.58. The van der Waals surface area contributed by atoms with E-state index in [-0.39, 0.29) is 5.92 Å². The lowest BCUT2D eigenvalue weighted by atomic mass is 9.58. The Labute approximate surface area is 118 Å². The Bertz CT molecular complexity index is 346. The number of hydrogen-bond donors (Lipinski definition) is 2. The van der Waals surface area contributed by atoms with E-state index in [2.05, 4.69) is 20.8 Å². The number of ether oxygens (including phenoxy) is 1. The second-order valence-electron chi connectivity index (χ2n) is 6.24. The van der Waals surface area contributed by atoms with Gasteiger partial charge < -0.3 is 14.9 Å². The third-order valence-electron chi connectivity index (χ3n) is 4.67. The van der Waals surface area contributed by atoms with E-state index in [4.69, 9.17) is 4.74 Å². The van der Waals surface area contributed by atoms with Crippen molar-refractivity contribution in [2.75, 3.05) is 5.75 Å². The van der Waals surface area contributed by atoms with Crippen LogP contribution in [0.1, 0.15) is 40.0 Å². The summed E-state index contributed by atoms with van der Waals surface area (Å²) in [6.07, 6.45) is 1.83. The molecule has 0 bridgehead atoms. The second kappa shape index (κ2) is 5.62. The summed E-state index contributed by atoms with van der Waals surface area (Å²) < 4.78 is 5.53. The summed E-state index contributed by atoms with van der Waals surface area (Å²) in [5.74, 6) is 0.491. The number of carboxylic acids is 1. The van der Waals surface area contributed by atoms with Gasteiger partial charge >= 0.3 is 5.97 Å². The van der Waals surface area contributed by atoms with E-state index < -0.39 is 23.1 Å². The maximum Gasteiger partial charge on any atom is 0.313 e. The van der Waals surface area contributed by atoms with E-state index in [1.165, 1.54) is 11.8 Å². The molecule has 2 N–H and O–H groups in total. The van der Waals surface area contributed by atoms with Crippen LogP contribution in [-0.4, -0.2) is 33.7 Å². The van der Waals surface area contributed by atoms with Crippen LogP contribution in [0.5, 0.6) is 0 Å². The molecule has 0 aromatic heterocycles. The predicted octanol–water partition coefficient (Wildman–Crippen LogP) is 2.56. The molecule has 0 spiro atoms. The molecule has 2 rings (SSSR count). The minimum Gasteiger partial charge on any atom is -0.481 e. The first kappa shape index (κ1) is 15.1. The summed E-state index contributed by atoms with van der Waals surface area (Å²) in [6.45, 7) is 6.35. The maximum absolute atomic E-state index is 12.1. The fourth-order valence-corrected chi connectivity index (χ4v) is 5.41. The van der Waals surface area contributed by atoms with Crippen molar-refractivity contribution in [3.05, 3.63) is 0 Å². The van der Waals surface area contributed by atoms with Crippen LogP contribution in [0.25, 0.3) is 0 Å². The number of carboxylic acid groups (broad SMARTS) is 1. The molecule has 1 heterocycles. The number of carbonyl (C=O) groups is 1. The van der Waals surface area contributed by atoms with Crippen LogP contribution in [0.15, 0.2) is 0 Å². The van der Waals surface area contributed by atoms with Crippen molar-refractivity contribution in [3.8, 4) is 0 Å². The molecule has 0 radical (unpaired) electrons. The van der Waals surface area contributed by atoms with Gasteiger partial charge in [0.1, 0.15) is 10.9 Å². The molecule has 2 fully saturated rings. The van der Waals surface area contributed by atoms with Gasteiger partial charge in [0.2, 0.25) is 0 Å². The molecule has 5 atom stereocenters. The zero-order chi connectivity index (χ0) is 14.2. The van der Waals surface area contributed by atoms with Gasteiger partial charge in [-0.25, -0.2) is 0 Å². The maximum atomic E-state index is 12.1. The lowest BCUT2D eigenvalue weighted by Gasteiger charge is -2.48. The van der Waals surface area contributed by atoms with Crippen molar-refractivity contribution in [1.82, 2.24) is 0 Å². The van der Waals surface area contributed by atoms with E-state index in [1.807, 2.05) is 0 Å². The van der Waals surface area contributed by atoms with Crippen molar-refractivity contribution < 1.29 is 19.7 Å². The smallest absolute Gasteiger partial charge is 0.313 e. The monoisotopic (exact) mass is 288 g/mol. The zero-order valence-electron chi connectivity index (χ0n) is 11.8. The number of thioether (sulfide) groups is 1. The number of hydrogen-bond acceptors (Lipinski definition) is 4. The molecule has 0 amide bonds. The van der Waals surface area contributed by atoms with E-state index in [0.29, 0.717) is 24.0 Å². The highest BCUT2D eigenvalue weighted by atomic mass is 32.2. The minimum absolute atomic E-state index is 0.0987. The van der Waals surface area contributed by atoms with Crippen LogP contribution in [0.2, 0.25) is 0 Å². The normalized spacial score (nSPS) is 43.6. The zero-order valence-corrected chi connectivity index (χ0v) is 12.7. The van der Waals surface area contributed by atoms with Crippen LogP contribution in [0.3, 0.4) is 0 Å². The predicted molar refractivity (Wildman–Crippen MR) is 74.7 cm³/mol. The molecular formula is C14H24O4S. The van der Waals surface area contributed by atoms with Crippen LogP contribution in [0.4, 0.5) is 0 Å². The fraction of sp³-hybridized carbons (Fsp3) is 0.929. The standard InChI is InChI=1S/C14H24O4S/c1-8(2)11-9(3)5-4-6-14(11,12(16)17)13-18-10(15)7-19-13/h8-11,13,15H,4-7H2,1-3H3,(H,16,17). The van der Waals surface area contributed by atoms with E-state index in [9.17, 15) is 15.0 Å².